The molecule has 0 aliphatic heterocycles. The van der Waals surface area contributed by atoms with Crippen molar-refractivity contribution >= 4 is 38.6 Å². The zero-order valence-corrected chi connectivity index (χ0v) is 15.1. The van der Waals surface area contributed by atoms with Gasteiger partial charge in [-0.2, -0.15) is 0 Å². The normalized spacial score (nSPS) is 16.9. The number of hydrogen-bond acceptors (Lipinski definition) is 4. The van der Waals surface area contributed by atoms with Gasteiger partial charge >= 0.3 is 5.97 Å². The Morgan fingerprint density at radius 3 is 2.59 bits per heavy atom. The minimum Gasteiger partial charge on any atom is -0.489 e. The number of rotatable bonds is 5. The van der Waals surface area contributed by atoms with Crippen LogP contribution < -0.4 is 9.46 Å². The molecule has 1 fully saturated rings. The van der Waals surface area contributed by atoms with E-state index in [9.17, 15) is 9.00 Å². The second-order valence-electron chi connectivity index (χ2n) is 5.25. The van der Waals surface area contributed by atoms with Gasteiger partial charge in [0.2, 0.25) is 0 Å². The maximum atomic E-state index is 11.9. The monoisotopic (exact) mass is 389 g/mol. The highest BCUT2D eigenvalue weighted by atomic mass is 79.9. The van der Waals surface area contributed by atoms with E-state index >= 15 is 0 Å². The summed E-state index contributed by atoms with van der Waals surface area (Å²) in [6.45, 7) is 0. The van der Waals surface area contributed by atoms with E-state index in [0.717, 1.165) is 17.3 Å². The minimum absolute atomic E-state index is 0.176. The molecule has 1 aliphatic rings. The van der Waals surface area contributed by atoms with Crippen LogP contribution in [0.5, 0.6) is 5.75 Å². The third-order valence-electron chi connectivity index (χ3n) is 3.58. The van der Waals surface area contributed by atoms with Crippen LogP contribution in [0, 0.1) is 0 Å². The lowest BCUT2D eigenvalue weighted by atomic mass is 9.98. The predicted octanol–water partition coefficient (Wildman–Crippen LogP) is 3.65. The molecular weight excluding hydrogens is 370 g/mol. The predicted molar refractivity (Wildman–Crippen MR) is 90.7 cm³/mol. The van der Waals surface area contributed by atoms with Crippen molar-refractivity contribution in [2.45, 2.75) is 38.2 Å². The smallest absolute Gasteiger partial charge is 0.340 e. The lowest BCUT2D eigenvalue weighted by Gasteiger charge is -2.24. The van der Waals surface area contributed by atoms with Gasteiger partial charge in [0.15, 0.2) is 0 Å². The Hall–Kier alpha value is -1.08. The van der Waals surface area contributed by atoms with Crippen molar-refractivity contribution in [2.75, 3.05) is 18.1 Å². The molecule has 1 saturated carbocycles. The summed E-state index contributed by atoms with van der Waals surface area (Å²) < 4.78 is 25.7. The van der Waals surface area contributed by atoms with E-state index in [1.54, 1.807) is 12.1 Å². The van der Waals surface area contributed by atoms with Crippen LogP contribution in [-0.2, 0) is 15.7 Å². The number of nitrogens with one attached hydrogen (secondary N) is 1. The van der Waals surface area contributed by atoms with Gasteiger partial charge in [-0.25, -0.2) is 9.00 Å². The summed E-state index contributed by atoms with van der Waals surface area (Å²) in [5, 5.41) is 0. The summed E-state index contributed by atoms with van der Waals surface area (Å²) in [6.07, 6.45) is 7.31. The Kier molecular flexibility index (Phi) is 6.26. The molecule has 1 aromatic carbocycles. The Morgan fingerprint density at radius 2 is 2.00 bits per heavy atom. The molecular formula is C15H20BrNO4S. The minimum atomic E-state index is -1.29. The number of carbonyl (C=O) groups is 1. The molecule has 0 amide bonds. The maximum Gasteiger partial charge on any atom is 0.340 e. The van der Waals surface area contributed by atoms with Gasteiger partial charge in [0, 0.05) is 6.26 Å². The van der Waals surface area contributed by atoms with E-state index in [1.165, 1.54) is 32.6 Å². The van der Waals surface area contributed by atoms with E-state index in [-0.39, 0.29) is 6.10 Å². The van der Waals surface area contributed by atoms with Gasteiger partial charge in [-0.05, 0) is 53.7 Å². The second kappa shape index (κ2) is 7.97. The van der Waals surface area contributed by atoms with Crippen molar-refractivity contribution in [3.8, 4) is 5.75 Å². The van der Waals surface area contributed by atoms with E-state index < -0.39 is 17.0 Å². The van der Waals surface area contributed by atoms with Gasteiger partial charge in [0.05, 0.1) is 28.9 Å². The van der Waals surface area contributed by atoms with Crippen molar-refractivity contribution in [3.05, 3.63) is 22.2 Å². The van der Waals surface area contributed by atoms with Crippen LogP contribution in [0.1, 0.15) is 42.5 Å². The van der Waals surface area contributed by atoms with Gasteiger partial charge in [0.25, 0.3) is 0 Å². The molecule has 0 spiro atoms. The topological polar surface area (TPSA) is 64.6 Å². The molecule has 122 valence electrons. The number of methoxy groups -OCH3 is 1. The fraction of sp³-hybridized carbons (Fsp3) is 0.533. The Morgan fingerprint density at radius 1 is 1.32 bits per heavy atom. The fourth-order valence-corrected chi connectivity index (χ4v) is 3.44. The molecule has 5 nitrogen and oxygen atoms in total. The van der Waals surface area contributed by atoms with Crippen LogP contribution in [0.3, 0.4) is 0 Å². The molecule has 1 aromatic rings. The average Bonchev–Trinajstić information content (AvgIpc) is 2.49. The average molecular weight is 390 g/mol. The first-order chi connectivity index (χ1) is 10.5. The SMILES string of the molecule is COC(=O)c1cc(OC2CCCCC2)c(Br)cc1NS(C)=O. The highest BCUT2D eigenvalue weighted by molar-refractivity contribution is 9.10. The summed E-state index contributed by atoms with van der Waals surface area (Å²) in [5.74, 6) is 0.119. The molecule has 22 heavy (non-hydrogen) atoms. The molecule has 1 aliphatic carbocycles. The first kappa shape index (κ1) is 17.3. The molecule has 1 atom stereocenters. The number of hydrogen-bond donors (Lipinski definition) is 1. The van der Waals surface area contributed by atoms with Crippen molar-refractivity contribution in [2.24, 2.45) is 0 Å². The van der Waals surface area contributed by atoms with Gasteiger partial charge in [-0.1, -0.05) is 6.42 Å². The summed E-state index contributed by atoms with van der Waals surface area (Å²) in [5.41, 5.74) is 0.766. The molecule has 1 unspecified atom stereocenters. The van der Waals surface area contributed by atoms with E-state index in [4.69, 9.17) is 9.47 Å². The molecule has 2 rings (SSSR count). The highest BCUT2D eigenvalue weighted by Gasteiger charge is 2.20. The van der Waals surface area contributed by atoms with Crippen LogP contribution in [0.4, 0.5) is 5.69 Å². The zero-order chi connectivity index (χ0) is 16.1. The largest absolute Gasteiger partial charge is 0.489 e. The van der Waals surface area contributed by atoms with Crippen LogP contribution in [0.2, 0.25) is 0 Å². The molecule has 1 N–H and O–H groups in total. The highest BCUT2D eigenvalue weighted by Crippen LogP contribution is 2.34. The summed E-state index contributed by atoms with van der Waals surface area (Å²) in [4.78, 5) is 11.9. The molecule has 0 bridgehead atoms. The lowest BCUT2D eigenvalue weighted by Crippen LogP contribution is -2.20. The third-order valence-corrected chi connectivity index (χ3v) is 4.70. The zero-order valence-electron chi connectivity index (χ0n) is 12.7. The van der Waals surface area contributed by atoms with Crippen molar-refractivity contribution in [1.29, 1.82) is 0 Å². The first-order valence-corrected chi connectivity index (χ1v) is 9.55. The van der Waals surface area contributed by atoms with Crippen LogP contribution in [-0.4, -0.2) is 29.6 Å². The molecule has 0 heterocycles. The lowest BCUT2D eigenvalue weighted by molar-refractivity contribution is 0.0600. The summed E-state index contributed by atoms with van der Waals surface area (Å²) >= 11 is 3.45. The Balaban J connectivity index is 2.29. The van der Waals surface area contributed by atoms with Crippen molar-refractivity contribution in [3.63, 3.8) is 0 Å². The van der Waals surface area contributed by atoms with Crippen molar-refractivity contribution in [1.82, 2.24) is 0 Å². The van der Waals surface area contributed by atoms with Crippen molar-refractivity contribution < 1.29 is 18.5 Å². The number of esters is 1. The van der Waals surface area contributed by atoms with Gasteiger partial charge < -0.3 is 14.2 Å². The van der Waals surface area contributed by atoms with Gasteiger partial charge in [0.1, 0.15) is 16.7 Å². The Bertz CT molecular complexity index is 573. The van der Waals surface area contributed by atoms with Crippen LogP contribution >= 0.6 is 15.9 Å². The van der Waals surface area contributed by atoms with E-state index in [2.05, 4.69) is 20.7 Å². The second-order valence-corrected chi connectivity index (χ2v) is 7.22. The summed E-state index contributed by atoms with van der Waals surface area (Å²) in [6, 6.07) is 3.34. The number of carbonyl (C=O) groups excluding carboxylic acids is 1. The quantitative estimate of drug-likeness (QED) is 0.780. The first-order valence-electron chi connectivity index (χ1n) is 7.20. The number of benzene rings is 1. The number of anilines is 1. The number of ether oxygens (including phenoxy) is 2. The fourth-order valence-electron chi connectivity index (χ4n) is 2.52. The summed E-state index contributed by atoms with van der Waals surface area (Å²) in [7, 11) is 0.0323. The number of halogens is 1. The van der Waals surface area contributed by atoms with Crippen LogP contribution in [0.15, 0.2) is 16.6 Å². The molecule has 0 radical (unpaired) electrons. The third kappa shape index (κ3) is 4.46. The van der Waals surface area contributed by atoms with E-state index in [0.29, 0.717) is 17.0 Å². The molecule has 0 saturated heterocycles. The maximum absolute atomic E-state index is 11.9. The van der Waals surface area contributed by atoms with Gasteiger partial charge in [-0.3, -0.25) is 0 Å². The van der Waals surface area contributed by atoms with E-state index in [1.807, 2.05) is 0 Å². The van der Waals surface area contributed by atoms with Crippen LogP contribution in [0.25, 0.3) is 0 Å². The molecule has 0 aromatic heterocycles. The Labute approximate surface area is 141 Å². The molecule has 7 heteroatoms. The van der Waals surface area contributed by atoms with Gasteiger partial charge in [-0.15, -0.1) is 0 Å². The standard InChI is InChI=1S/C15H20BrNO4S/c1-20-15(18)11-8-14(21-10-6-4-3-5-7-10)12(16)9-13(11)17-22(2)19/h8-10,17H,3-7H2,1-2H3.